The van der Waals surface area contributed by atoms with E-state index in [1.54, 1.807) is 0 Å². The van der Waals surface area contributed by atoms with Crippen LogP contribution in [-0.2, 0) is 17.7 Å². The second kappa shape index (κ2) is 4.69. The van der Waals surface area contributed by atoms with Gasteiger partial charge in [-0.3, -0.25) is 9.88 Å². The Bertz CT molecular complexity index is 636. The van der Waals surface area contributed by atoms with E-state index in [1.807, 2.05) is 6.20 Å². The molecular weight excluding hydrogens is 276 g/mol. The minimum atomic E-state index is -0.302. The summed E-state index contributed by atoms with van der Waals surface area (Å²) in [6, 6.07) is 2.21. The fourth-order valence-corrected chi connectivity index (χ4v) is 4.49. The smallest absolute Gasteiger partial charge is 0.224 e. The Labute approximate surface area is 130 Å². The van der Waals surface area contributed by atoms with Crippen molar-refractivity contribution in [2.75, 3.05) is 19.6 Å². The number of fused-ring (bicyclic) bond motifs is 3. The van der Waals surface area contributed by atoms with Crippen LogP contribution in [-0.4, -0.2) is 41.1 Å². The summed E-state index contributed by atoms with van der Waals surface area (Å²) in [5.74, 6) is 1.39. The highest BCUT2D eigenvalue weighted by Crippen LogP contribution is 2.38. The third-order valence-corrected chi connectivity index (χ3v) is 5.80. The summed E-state index contributed by atoms with van der Waals surface area (Å²) in [4.78, 5) is 13.0. The van der Waals surface area contributed by atoms with E-state index in [-0.39, 0.29) is 5.72 Å². The Morgan fingerprint density at radius 3 is 2.77 bits per heavy atom. The van der Waals surface area contributed by atoms with Gasteiger partial charge in [0.25, 0.3) is 0 Å². The van der Waals surface area contributed by atoms with Crippen LogP contribution in [0.2, 0.25) is 0 Å². The minimum Gasteiger partial charge on any atom is -0.364 e. The van der Waals surface area contributed by atoms with Gasteiger partial charge in [-0.15, -0.1) is 0 Å². The molecule has 4 aliphatic heterocycles. The highest BCUT2D eigenvalue weighted by molar-refractivity contribution is 5.98. The number of pyridine rings is 1. The van der Waals surface area contributed by atoms with E-state index in [0.29, 0.717) is 5.92 Å². The van der Waals surface area contributed by atoms with Crippen LogP contribution in [0.25, 0.3) is 0 Å². The average molecular weight is 298 g/mol. The third kappa shape index (κ3) is 1.88. The van der Waals surface area contributed by atoms with Gasteiger partial charge in [0, 0.05) is 12.1 Å². The zero-order valence-corrected chi connectivity index (χ0v) is 12.8. The van der Waals surface area contributed by atoms with Crippen molar-refractivity contribution in [3.8, 4) is 0 Å². The number of hydrogen-bond donors (Lipinski definition) is 1. The molecule has 6 rings (SSSR count). The Hall–Kier alpha value is -1.62. The normalized spacial score (nSPS) is 35.7. The molecule has 1 aromatic heterocycles. The van der Waals surface area contributed by atoms with E-state index < -0.39 is 0 Å². The van der Waals surface area contributed by atoms with Gasteiger partial charge in [0.2, 0.25) is 5.72 Å². The minimum absolute atomic E-state index is 0.302. The molecule has 1 aliphatic carbocycles. The summed E-state index contributed by atoms with van der Waals surface area (Å²) < 4.78 is 0. The Kier molecular flexibility index (Phi) is 2.74. The Balaban J connectivity index is 1.41. The average Bonchev–Trinajstić information content (AvgIpc) is 2.99. The van der Waals surface area contributed by atoms with Crippen LogP contribution >= 0.6 is 0 Å². The lowest BCUT2D eigenvalue weighted by molar-refractivity contribution is -0.148. The van der Waals surface area contributed by atoms with Crippen LogP contribution in [0.15, 0.2) is 17.4 Å². The van der Waals surface area contributed by atoms with Crippen LogP contribution in [0.5, 0.6) is 0 Å². The number of rotatable bonds is 1. The van der Waals surface area contributed by atoms with Crippen molar-refractivity contribution >= 4 is 5.84 Å². The van der Waals surface area contributed by atoms with Crippen molar-refractivity contribution in [3.05, 3.63) is 29.1 Å². The Morgan fingerprint density at radius 1 is 1.18 bits per heavy atom. The molecule has 1 N–H and O–H groups in total. The van der Waals surface area contributed by atoms with Crippen molar-refractivity contribution < 1.29 is 4.84 Å². The van der Waals surface area contributed by atoms with Crippen LogP contribution < -0.4 is 5.32 Å². The number of aryl methyl sites for hydroxylation is 2. The van der Waals surface area contributed by atoms with Crippen molar-refractivity contribution in [2.24, 2.45) is 11.1 Å². The van der Waals surface area contributed by atoms with Gasteiger partial charge in [0.1, 0.15) is 5.69 Å². The molecule has 116 valence electrons. The second-order valence-corrected chi connectivity index (χ2v) is 7.14. The van der Waals surface area contributed by atoms with Gasteiger partial charge in [0.05, 0.1) is 6.54 Å². The number of aromatic nitrogens is 1. The van der Waals surface area contributed by atoms with Crippen molar-refractivity contribution in [1.29, 1.82) is 0 Å². The zero-order valence-electron chi connectivity index (χ0n) is 12.8. The summed E-state index contributed by atoms with van der Waals surface area (Å²) >= 11 is 0. The molecule has 1 aromatic rings. The maximum absolute atomic E-state index is 5.92. The molecular formula is C17H22N4O. The molecule has 3 fully saturated rings. The lowest BCUT2D eigenvalue weighted by atomic mass is 9.81. The first kappa shape index (κ1) is 12.9. The maximum Gasteiger partial charge on any atom is 0.224 e. The van der Waals surface area contributed by atoms with E-state index in [0.717, 1.165) is 18.1 Å². The SMILES string of the molecule is c1nc(C2=NOC3(CN4CCC3CC4)N2)cc2c1CCCC2. The molecule has 5 heteroatoms. The lowest BCUT2D eigenvalue weighted by Gasteiger charge is -2.49. The summed E-state index contributed by atoms with van der Waals surface area (Å²) in [6.07, 6.45) is 9.35. The summed E-state index contributed by atoms with van der Waals surface area (Å²) in [6.45, 7) is 3.34. The molecule has 0 saturated carbocycles. The third-order valence-electron chi connectivity index (χ3n) is 5.80. The molecule has 2 bridgehead atoms. The van der Waals surface area contributed by atoms with E-state index in [9.17, 15) is 0 Å². The highest BCUT2D eigenvalue weighted by atomic mass is 16.7. The fraction of sp³-hybridized carbons (Fsp3) is 0.647. The molecule has 5 aliphatic rings. The standard InChI is InChI=1S/C17H22N4O/c1-2-4-13-10-18-15(9-12(13)3-1)16-19-17(22-20-16)11-21-7-5-14(17)6-8-21/h9-10,14H,1-8,11H2,(H,19,20). The number of nitrogens with one attached hydrogen (secondary N) is 1. The van der Waals surface area contributed by atoms with Gasteiger partial charge in [-0.1, -0.05) is 5.16 Å². The fourth-order valence-electron chi connectivity index (χ4n) is 4.49. The number of oxime groups is 1. The first-order chi connectivity index (χ1) is 10.8. The van der Waals surface area contributed by atoms with E-state index in [1.165, 1.54) is 62.7 Å². The van der Waals surface area contributed by atoms with Gasteiger partial charge >= 0.3 is 0 Å². The monoisotopic (exact) mass is 298 g/mol. The zero-order chi connectivity index (χ0) is 14.6. The molecule has 1 unspecified atom stereocenters. The first-order valence-electron chi connectivity index (χ1n) is 8.57. The molecule has 0 aromatic carbocycles. The van der Waals surface area contributed by atoms with Crippen LogP contribution in [0, 0.1) is 5.92 Å². The van der Waals surface area contributed by atoms with Crippen LogP contribution in [0.1, 0.15) is 42.5 Å². The predicted molar refractivity (Wildman–Crippen MR) is 83.5 cm³/mol. The van der Waals surface area contributed by atoms with Gasteiger partial charge in [-0.2, -0.15) is 0 Å². The summed E-state index contributed by atoms with van der Waals surface area (Å²) in [5, 5.41) is 7.95. The molecule has 0 amide bonds. The summed E-state index contributed by atoms with van der Waals surface area (Å²) in [7, 11) is 0. The number of amidine groups is 1. The van der Waals surface area contributed by atoms with Gasteiger partial charge < -0.3 is 10.2 Å². The van der Waals surface area contributed by atoms with Crippen molar-refractivity contribution in [3.63, 3.8) is 0 Å². The van der Waals surface area contributed by atoms with Gasteiger partial charge in [0.15, 0.2) is 5.84 Å². The quantitative estimate of drug-likeness (QED) is 0.857. The molecule has 5 heterocycles. The topological polar surface area (TPSA) is 49.8 Å². The van der Waals surface area contributed by atoms with E-state index in [2.05, 4.69) is 26.4 Å². The largest absolute Gasteiger partial charge is 0.364 e. The number of piperidine rings is 3. The molecule has 5 nitrogen and oxygen atoms in total. The first-order valence-corrected chi connectivity index (χ1v) is 8.57. The second-order valence-electron chi connectivity index (χ2n) is 7.14. The van der Waals surface area contributed by atoms with Crippen molar-refractivity contribution in [1.82, 2.24) is 15.2 Å². The maximum atomic E-state index is 5.92. The van der Waals surface area contributed by atoms with Crippen LogP contribution in [0.4, 0.5) is 0 Å². The number of hydrogen-bond acceptors (Lipinski definition) is 5. The molecule has 1 atom stereocenters. The van der Waals surface area contributed by atoms with E-state index >= 15 is 0 Å². The van der Waals surface area contributed by atoms with Crippen molar-refractivity contribution in [2.45, 2.75) is 44.2 Å². The highest BCUT2D eigenvalue weighted by Gasteiger charge is 2.52. The van der Waals surface area contributed by atoms with Gasteiger partial charge in [-0.25, -0.2) is 0 Å². The Morgan fingerprint density at radius 2 is 2.00 bits per heavy atom. The van der Waals surface area contributed by atoms with E-state index in [4.69, 9.17) is 4.84 Å². The molecule has 22 heavy (non-hydrogen) atoms. The number of nitrogens with zero attached hydrogens (tertiary/aromatic N) is 3. The van der Waals surface area contributed by atoms with Crippen LogP contribution in [0.3, 0.4) is 0 Å². The molecule has 3 saturated heterocycles. The molecule has 1 spiro atoms. The predicted octanol–water partition coefficient (Wildman–Crippen LogP) is 1.66. The lowest BCUT2D eigenvalue weighted by Crippen LogP contribution is -2.65. The molecule has 0 radical (unpaired) electrons. The summed E-state index contributed by atoms with van der Waals surface area (Å²) in [5.41, 5.74) is 3.49. The van der Waals surface area contributed by atoms with Gasteiger partial charge in [-0.05, 0) is 68.8 Å².